The number of aliphatic hydroxyl groups is 1. The Hall–Kier alpha value is -0.580. The van der Waals surface area contributed by atoms with Gasteiger partial charge in [0.2, 0.25) is 0 Å². The maximum atomic E-state index is 8.93. The van der Waals surface area contributed by atoms with Crippen LogP contribution < -0.4 is 5.73 Å². The first-order chi connectivity index (χ1) is 8.19. The van der Waals surface area contributed by atoms with Gasteiger partial charge in [0, 0.05) is 29.9 Å². The molecule has 3 nitrogen and oxygen atoms in total. The summed E-state index contributed by atoms with van der Waals surface area (Å²) in [6.45, 7) is 3.41. The van der Waals surface area contributed by atoms with Gasteiger partial charge in [-0.05, 0) is 43.0 Å². The summed E-state index contributed by atoms with van der Waals surface area (Å²) < 4.78 is 1.03. The zero-order valence-corrected chi connectivity index (χ0v) is 11.5. The van der Waals surface area contributed by atoms with Crippen LogP contribution in [-0.4, -0.2) is 29.7 Å². The van der Waals surface area contributed by atoms with E-state index in [1.165, 1.54) is 12.0 Å². The van der Waals surface area contributed by atoms with Crippen LogP contribution in [0.2, 0.25) is 0 Å². The number of hydrogen-bond donors (Lipinski definition) is 2. The van der Waals surface area contributed by atoms with Crippen LogP contribution in [-0.2, 0) is 6.54 Å². The summed E-state index contributed by atoms with van der Waals surface area (Å²) in [5.74, 6) is 0.650. The Balaban J connectivity index is 1.93. The molecule has 1 aromatic carbocycles. The van der Waals surface area contributed by atoms with Crippen molar-refractivity contribution in [2.24, 2.45) is 5.92 Å². The quantitative estimate of drug-likeness (QED) is 0.838. The summed E-state index contributed by atoms with van der Waals surface area (Å²) in [7, 11) is 0. The minimum atomic E-state index is 0.304. The molecule has 17 heavy (non-hydrogen) atoms. The van der Waals surface area contributed by atoms with Gasteiger partial charge < -0.3 is 10.8 Å². The molecule has 1 fully saturated rings. The Kier molecular flexibility index (Phi) is 4.42. The van der Waals surface area contributed by atoms with Crippen LogP contribution >= 0.6 is 15.9 Å². The van der Waals surface area contributed by atoms with Gasteiger partial charge >= 0.3 is 0 Å². The molecule has 94 valence electrons. The number of nitrogens with zero attached hydrogens (tertiary/aromatic N) is 1. The Labute approximate surface area is 111 Å². The third kappa shape index (κ3) is 3.44. The molecular weight excluding hydrogens is 280 g/mol. The first-order valence-electron chi connectivity index (χ1n) is 6.06. The number of nitrogen functional groups attached to an aromatic ring is 1. The van der Waals surface area contributed by atoms with E-state index in [0.29, 0.717) is 12.5 Å². The van der Waals surface area contributed by atoms with Crippen LogP contribution in [0.25, 0.3) is 0 Å². The van der Waals surface area contributed by atoms with Crippen LogP contribution in [0.15, 0.2) is 22.7 Å². The Morgan fingerprint density at radius 1 is 1.47 bits per heavy atom. The van der Waals surface area contributed by atoms with Gasteiger partial charge in [-0.2, -0.15) is 0 Å². The SMILES string of the molecule is Nc1cc(Br)ccc1CN1CCC(CCO)C1. The summed E-state index contributed by atoms with van der Waals surface area (Å²) in [5, 5.41) is 8.93. The molecule has 4 heteroatoms. The smallest absolute Gasteiger partial charge is 0.0434 e. The highest BCUT2D eigenvalue weighted by atomic mass is 79.9. The monoisotopic (exact) mass is 298 g/mol. The minimum Gasteiger partial charge on any atom is -0.398 e. The molecule has 0 aromatic heterocycles. The van der Waals surface area contributed by atoms with E-state index in [2.05, 4.69) is 26.9 Å². The first kappa shape index (κ1) is 12.9. The number of halogens is 1. The fourth-order valence-electron chi connectivity index (χ4n) is 2.43. The van der Waals surface area contributed by atoms with Crippen LogP contribution in [0.1, 0.15) is 18.4 Å². The molecular formula is C13H19BrN2O. The maximum Gasteiger partial charge on any atom is 0.0434 e. The highest BCUT2D eigenvalue weighted by Gasteiger charge is 2.22. The lowest BCUT2D eigenvalue weighted by atomic mass is 10.1. The second-order valence-corrected chi connectivity index (χ2v) is 5.66. The summed E-state index contributed by atoms with van der Waals surface area (Å²) in [5.41, 5.74) is 8.04. The molecule has 0 spiro atoms. The largest absolute Gasteiger partial charge is 0.398 e. The number of benzene rings is 1. The van der Waals surface area contributed by atoms with Crippen molar-refractivity contribution in [3.63, 3.8) is 0 Å². The lowest BCUT2D eigenvalue weighted by Gasteiger charge is -2.17. The van der Waals surface area contributed by atoms with Crippen molar-refractivity contribution in [2.75, 3.05) is 25.4 Å². The molecule has 1 aliphatic rings. The van der Waals surface area contributed by atoms with Gasteiger partial charge in [-0.3, -0.25) is 4.90 Å². The summed E-state index contributed by atoms with van der Waals surface area (Å²) in [6, 6.07) is 6.07. The Bertz CT molecular complexity index is 384. The predicted octanol–water partition coefficient (Wildman–Crippen LogP) is 2.24. The van der Waals surface area contributed by atoms with E-state index in [-0.39, 0.29) is 0 Å². The topological polar surface area (TPSA) is 49.5 Å². The number of nitrogens with two attached hydrogens (primary N) is 1. The molecule has 1 unspecified atom stereocenters. The Morgan fingerprint density at radius 3 is 3.00 bits per heavy atom. The predicted molar refractivity (Wildman–Crippen MR) is 73.6 cm³/mol. The fraction of sp³-hybridized carbons (Fsp3) is 0.538. The summed E-state index contributed by atoms with van der Waals surface area (Å²) in [6.07, 6.45) is 2.11. The van der Waals surface area contributed by atoms with E-state index in [4.69, 9.17) is 10.8 Å². The highest BCUT2D eigenvalue weighted by molar-refractivity contribution is 9.10. The van der Waals surface area contributed by atoms with Crippen molar-refractivity contribution in [1.82, 2.24) is 4.90 Å². The lowest BCUT2D eigenvalue weighted by molar-refractivity contribution is 0.249. The Morgan fingerprint density at radius 2 is 2.29 bits per heavy atom. The van der Waals surface area contributed by atoms with Gasteiger partial charge in [-0.25, -0.2) is 0 Å². The number of likely N-dealkylation sites (tertiary alicyclic amines) is 1. The molecule has 1 heterocycles. The van der Waals surface area contributed by atoms with Gasteiger partial charge in [0.25, 0.3) is 0 Å². The van der Waals surface area contributed by atoms with Crippen molar-refractivity contribution in [3.8, 4) is 0 Å². The fourth-order valence-corrected chi connectivity index (χ4v) is 2.80. The van der Waals surface area contributed by atoms with E-state index in [9.17, 15) is 0 Å². The molecule has 0 amide bonds. The molecule has 1 atom stereocenters. The van der Waals surface area contributed by atoms with Crippen LogP contribution in [0, 0.1) is 5.92 Å². The van der Waals surface area contributed by atoms with E-state index in [1.807, 2.05) is 12.1 Å². The number of aliphatic hydroxyl groups excluding tert-OH is 1. The van der Waals surface area contributed by atoms with E-state index in [0.717, 1.165) is 36.2 Å². The number of rotatable bonds is 4. The van der Waals surface area contributed by atoms with E-state index >= 15 is 0 Å². The molecule has 2 rings (SSSR count). The second kappa shape index (κ2) is 5.85. The zero-order chi connectivity index (χ0) is 12.3. The number of anilines is 1. The van der Waals surface area contributed by atoms with Crippen molar-refractivity contribution in [1.29, 1.82) is 0 Å². The molecule has 3 N–H and O–H groups in total. The van der Waals surface area contributed by atoms with Crippen molar-refractivity contribution < 1.29 is 5.11 Å². The van der Waals surface area contributed by atoms with Gasteiger partial charge in [-0.15, -0.1) is 0 Å². The third-order valence-electron chi connectivity index (χ3n) is 3.41. The van der Waals surface area contributed by atoms with Crippen molar-refractivity contribution in [2.45, 2.75) is 19.4 Å². The average Bonchev–Trinajstić information content (AvgIpc) is 2.71. The van der Waals surface area contributed by atoms with Crippen LogP contribution in [0.4, 0.5) is 5.69 Å². The molecule has 0 saturated carbocycles. The maximum absolute atomic E-state index is 8.93. The van der Waals surface area contributed by atoms with E-state index < -0.39 is 0 Å². The molecule has 0 radical (unpaired) electrons. The van der Waals surface area contributed by atoms with Crippen molar-refractivity contribution >= 4 is 21.6 Å². The first-order valence-corrected chi connectivity index (χ1v) is 6.85. The normalized spacial score (nSPS) is 20.9. The van der Waals surface area contributed by atoms with Gasteiger partial charge in [0.15, 0.2) is 0 Å². The zero-order valence-electron chi connectivity index (χ0n) is 9.90. The molecule has 1 saturated heterocycles. The van der Waals surface area contributed by atoms with E-state index in [1.54, 1.807) is 0 Å². The number of hydrogen-bond acceptors (Lipinski definition) is 3. The second-order valence-electron chi connectivity index (χ2n) is 4.75. The lowest BCUT2D eigenvalue weighted by Crippen LogP contribution is -2.21. The van der Waals surface area contributed by atoms with Gasteiger partial charge in [0.05, 0.1) is 0 Å². The standard InChI is InChI=1S/C13H19BrN2O/c14-12-2-1-11(13(15)7-12)9-16-5-3-10(8-16)4-6-17/h1-2,7,10,17H,3-6,8-9,15H2. The van der Waals surface area contributed by atoms with Gasteiger partial charge in [0.1, 0.15) is 0 Å². The molecule has 0 bridgehead atoms. The molecule has 1 aromatic rings. The average molecular weight is 299 g/mol. The summed E-state index contributed by atoms with van der Waals surface area (Å²) in [4.78, 5) is 2.42. The van der Waals surface area contributed by atoms with Gasteiger partial charge in [-0.1, -0.05) is 22.0 Å². The molecule has 1 aliphatic heterocycles. The summed E-state index contributed by atoms with van der Waals surface area (Å²) >= 11 is 3.42. The van der Waals surface area contributed by atoms with Crippen molar-refractivity contribution in [3.05, 3.63) is 28.2 Å². The third-order valence-corrected chi connectivity index (χ3v) is 3.90. The van der Waals surface area contributed by atoms with Crippen LogP contribution in [0.5, 0.6) is 0 Å². The van der Waals surface area contributed by atoms with Crippen LogP contribution in [0.3, 0.4) is 0 Å². The molecule has 0 aliphatic carbocycles. The minimum absolute atomic E-state index is 0.304. The highest BCUT2D eigenvalue weighted by Crippen LogP contribution is 2.24.